The van der Waals surface area contributed by atoms with Gasteiger partial charge in [-0.15, -0.1) is 0 Å². The van der Waals surface area contributed by atoms with Gasteiger partial charge in [-0.2, -0.15) is 13.2 Å². The molecule has 0 saturated carbocycles. The summed E-state index contributed by atoms with van der Waals surface area (Å²) >= 11 is 0. The number of aromatic nitrogens is 1. The average molecular weight is 491 g/mol. The van der Waals surface area contributed by atoms with Gasteiger partial charge in [-0.3, -0.25) is 0 Å². The highest BCUT2D eigenvalue weighted by atomic mass is 19.4. The summed E-state index contributed by atoms with van der Waals surface area (Å²) in [6, 6.07) is 7.88. The molecule has 1 aromatic heterocycles. The molecule has 6 nitrogen and oxygen atoms in total. The number of ether oxygens (including phenoxy) is 1. The molecule has 1 aliphatic rings. The van der Waals surface area contributed by atoms with Crippen LogP contribution in [0.3, 0.4) is 0 Å². The molecular formula is C25H25F4N3O3. The fourth-order valence-corrected chi connectivity index (χ4v) is 3.97. The van der Waals surface area contributed by atoms with Crippen molar-refractivity contribution in [3.63, 3.8) is 0 Å². The Morgan fingerprint density at radius 3 is 2.63 bits per heavy atom. The number of oxazole rings is 1. The number of anilines is 2. The highest BCUT2D eigenvalue weighted by Gasteiger charge is 2.31. The summed E-state index contributed by atoms with van der Waals surface area (Å²) in [4.78, 5) is 16.3. The first kappa shape index (κ1) is 24.6. The number of aryl methyl sites for hydroxylation is 1. The second-order valence-corrected chi connectivity index (χ2v) is 9.38. The van der Waals surface area contributed by atoms with Crippen molar-refractivity contribution in [2.24, 2.45) is 0 Å². The van der Waals surface area contributed by atoms with Gasteiger partial charge < -0.3 is 19.8 Å². The molecule has 35 heavy (non-hydrogen) atoms. The molecule has 0 radical (unpaired) electrons. The maximum atomic E-state index is 14.3. The number of hydrogen-bond donors (Lipinski definition) is 2. The van der Waals surface area contributed by atoms with E-state index < -0.39 is 29.3 Å². The number of carbonyl (C=O) groups is 1. The molecule has 0 spiro atoms. The largest absolute Gasteiger partial charge is 0.444 e. The number of rotatable bonds is 4. The van der Waals surface area contributed by atoms with Crippen LogP contribution in [0.5, 0.6) is 0 Å². The zero-order chi connectivity index (χ0) is 25.4. The molecule has 1 atom stereocenters. The quantitative estimate of drug-likeness (QED) is 0.401. The zero-order valence-electron chi connectivity index (χ0n) is 19.4. The van der Waals surface area contributed by atoms with Crippen molar-refractivity contribution in [2.45, 2.75) is 57.9 Å². The van der Waals surface area contributed by atoms with E-state index in [1.165, 1.54) is 6.20 Å². The van der Waals surface area contributed by atoms with Gasteiger partial charge in [0.15, 0.2) is 5.76 Å². The van der Waals surface area contributed by atoms with Gasteiger partial charge in [0.25, 0.3) is 6.01 Å². The normalized spacial score (nSPS) is 15.9. The van der Waals surface area contributed by atoms with Gasteiger partial charge in [0, 0.05) is 11.7 Å². The molecule has 0 fully saturated rings. The standard InChI is InChI=1S/C25H25F4N3O3/c1-24(2,3)35-23(33)31-16-9-7-14-5-4-6-20(18(14)12-16)32-22-30-13-21(34-22)17-10-8-15(11-19(17)26)25(27,28)29/h4-6,8,10-11,13,16H,7,9,12H2,1-3H3,(H,30,32)(H,31,33). The summed E-state index contributed by atoms with van der Waals surface area (Å²) in [5, 5.41) is 5.97. The SMILES string of the molecule is CC(C)(C)OC(=O)NC1CCc2cccc(Nc3ncc(-c4ccc(C(F)(F)F)cc4F)o3)c2C1. The molecule has 1 unspecified atom stereocenters. The molecule has 1 heterocycles. The number of halogens is 4. The van der Waals surface area contributed by atoms with E-state index in [-0.39, 0.29) is 23.4 Å². The van der Waals surface area contributed by atoms with Crippen LogP contribution < -0.4 is 10.6 Å². The smallest absolute Gasteiger partial charge is 0.416 e. The van der Waals surface area contributed by atoms with Crippen molar-refractivity contribution in [2.75, 3.05) is 5.32 Å². The lowest BCUT2D eigenvalue weighted by Crippen LogP contribution is -2.42. The number of nitrogens with one attached hydrogen (secondary N) is 2. The molecule has 0 aliphatic heterocycles. The molecule has 4 rings (SSSR count). The number of nitrogens with zero attached hydrogens (tertiary/aromatic N) is 1. The van der Waals surface area contributed by atoms with Crippen LogP contribution in [0.15, 0.2) is 47.0 Å². The Kier molecular flexibility index (Phi) is 6.48. The average Bonchev–Trinajstić information content (AvgIpc) is 3.20. The van der Waals surface area contributed by atoms with Crippen molar-refractivity contribution in [1.82, 2.24) is 10.3 Å². The first-order valence-corrected chi connectivity index (χ1v) is 11.1. The van der Waals surface area contributed by atoms with E-state index in [2.05, 4.69) is 15.6 Å². The predicted molar refractivity (Wildman–Crippen MR) is 122 cm³/mol. The fourth-order valence-electron chi connectivity index (χ4n) is 3.97. The number of fused-ring (bicyclic) bond motifs is 1. The molecule has 1 aliphatic carbocycles. The molecule has 2 N–H and O–H groups in total. The van der Waals surface area contributed by atoms with Crippen LogP contribution in [-0.4, -0.2) is 22.7 Å². The Morgan fingerprint density at radius 2 is 1.94 bits per heavy atom. The molecule has 0 bridgehead atoms. The molecule has 186 valence electrons. The van der Waals surface area contributed by atoms with Crippen molar-refractivity contribution >= 4 is 17.8 Å². The Hall–Kier alpha value is -3.56. The summed E-state index contributed by atoms with van der Waals surface area (Å²) in [6.45, 7) is 5.39. The maximum absolute atomic E-state index is 14.3. The second kappa shape index (κ2) is 9.24. The van der Waals surface area contributed by atoms with Crippen LogP contribution in [0.2, 0.25) is 0 Å². The van der Waals surface area contributed by atoms with Gasteiger partial charge in [0.1, 0.15) is 11.4 Å². The monoisotopic (exact) mass is 491 g/mol. The van der Waals surface area contributed by atoms with E-state index in [1.807, 2.05) is 18.2 Å². The van der Waals surface area contributed by atoms with Crippen molar-refractivity contribution in [3.8, 4) is 11.3 Å². The zero-order valence-corrected chi connectivity index (χ0v) is 19.4. The van der Waals surface area contributed by atoms with Crippen molar-refractivity contribution < 1.29 is 31.5 Å². The third-order valence-electron chi connectivity index (χ3n) is 5.52. The van der Waals surface area contributed by atoms with Crippen LogP contribution in [0.25, 0.3) is 11.3 Å². The lowest BCUT2D eigenvalue weighted by Gasteiger charge is -2.28. The Labute approximate surface area is 199 Å². The van der Waals surface area contributed by atoms with E-state index in [9.17, 15) is 22.4 Å². The topological polar surface area (TPSA) is 76.4 Å². The summed E-state index contributed by atoms with van der Waals surface area (Å²) in [7, 11) is 0. The lowest BCUT2D eigenvalue weighted by molar-refractivity contribution is -0.137. The van der Waals surface area contributed by atoms with Crippen LogP contribution >= 0.6 is 0 Å². The first-order chi connectivity index (χ1) is 16.4. The first-order valence-electron chi connectivity index (χ1n) is 11.1. The summed E-state index contributed by atoms with van der Waals surface area (Å²) < 4.78 is 63.7. The fraction of sp³-hybridized carbons (Fsp3) is 0.360. The third kappa shape index (κ3) is 5.93. The van der Waals surface area contributed by atoms with E-state index in [4.69, 9.17) is 9.15 Å². The number of carbonyl (C=O) groups excluding carboxylic acids is 1. The summed E-state index contributed by atoms with van der Waals surface area (Å²) in [5.74, 6) is -1.07. The van der Waals surface area contributed by atoms with E-state index >= 15 is 0 Å². The van der Waals surface area contributed by atoms with E-state index in [0.717, 1.165) is 36.1 Å². The predicted octanol–water partition coefficient (Wildman–Crippen LogP) is 6.63. The Bertz CT molecular complexity index is 1230. The number of amides is 1. The van der Waals surface area contributed by atoms with Gasteiger partial charge in [-0.1, -0.05) is 12.1 Å². The van der Waals surface area contributed by atoms with Crippen LogP contribution in [-0.2, 0) is 23.8 Å². The maximum Gasteiger partial charge on any atom is 0.416 e. The van der Waals surface area contributed by atoms with Crippen LogP contribution in [0.1, 0.15) is 43.9 Å². The molecule has 0 saturated heterocycles. The van der Waals surface area contributed by atoms with Gasteiger partial charge in [0.05, 0.1) is 17.3 Å². The van der Waals surface area contributed by atoms with Gasteiger partial charge in [-0.05, 0) is 75.4 Å². The molecule has 2 aromatic carbocycles. The van der Waals surface area contributed by atoms with Gasteiger partial charge >= 0.3 is 12.3 Å². The Balaban J connectivity index is 1.50. The summed E-state index contributed by atoms with van der Waals surface area (Å²) in [5.41, 5.74) is 0.980. The minimum absolute atomic E-state index is 0.00649. The molecule has 1 amide bonds. The molecule has 10 heteroatoms. The molecular weight excluding hydrogens is 466 g/mol. The Morgan fingerprint density at radius 1 is 1.17 bits per heavy atom. The number of alkyl halides is 3. The van der Waals surface area contributed by atoms with Gasteiger partial charge in [0.2, 0.25) is 0 Å². The van der Waals surface area contributed by atoms with Crippen molar-refractivity contribution in [3.05, 3.63) is 65.1 Å². The number of hydrogen-bond acceptors (Lipinski definition) is 5. The minimum Gasteiger partial charge on any atom is -0.444 e. The van der Waals surface area contributed by atoms with Crippen molar-refractivity contribution in [1.29, 1.82) is 0 Å². The lowest BCUT2D eigenvalue weighted by atomic mass is 9.87. The van der Waals surface area contributed by atoms with E-state index in [1.54, 1.807) is 20.8 Å². The highest BCUT2D eigenvalue weighted by Crippen LogP contribution is 2.35. The van der Waals surface area contributed by atoms with Crippen LogP contribution in [0, 0.1) is 5.82 Å². The van der Waals surface area contributed by atoms with Crippen LogP contribution in [0.4, 0.5) is 34.1 Å². The summed E-state index contributed by atoms with van der Waals surface area (Å²) in [6.07, 6.45) is -1.82. The third-order valence-corrected chi connectivity index (χ3v) is 5.52. The minimum atomic E-state index is -4.64. The second-order valence-electron chi connectivity index (χ2n) is 9.38. The molecule has 3 aromatic rings. The van der Waals surface area contributed by atoms with Gasteiger partial charge in [-0.25, -0.2) is 14.2 Å². The number of benzene rings is 2. The highest BCUT2D eigenvalue weighted by molar-refractivity contribution is 5.69. The number of alkyl carbamates (subject to hydrolysis) is 1. The van der Waals surface area contributed by atoms with E-state index in [0.29, 0.717) is 18.2 Å².